The molecule has 0 aliphatic carbocycles. The number of carbonyl (C=O) groups is 1. The second-order valence-electron chi connectivity index (χ2n) is 6.68. The van der Waals surface area contributed by atoms with Crippen molar-refractivity contribution in [1.82, 2.24) is 20.2 Å². The summed E-state index contributed by atoms with van der Waals surface area (Å²) in [5, 5.41) is 13.8. The van der Waals surface area contributed by atoms with Gasteiger partial charge in [-0.25, -0.2) is 9.78 Å². The van der Waals surface area contributed by atoms with E-state index >= 15 is 0 Å². The molecule has 0 saturated heterocycles. The van der Waals surface area contributed by atoms with E-state index in [4.69, 9.17) is 0 Å². The number of urea groups is 1. The maximum Gasteiger partial charge on any atom is 0.317 e. The molecule has 0 saturated carbocycles. The van der Waals surface area contributed by atoms with Gasteiger partial charge in [0.15, 0.2) is 0 Å². The number of H-pyrrole nitrogens is 1. The fraction of sp³-hybridized carbons (Fsp3) is 0.300. The first-order valence-corrected chi connectivity index (χ1v) is 9.14. The molecule has 2 aromatic carbocycles. The summed E-state index contributed by atoms with van der Waals surface area (Å²) in [4.78, 5) is 32.2. The second-order valence-corrected chi connectivity index (χ2v) is 6.68. The summed E-state index contributed by atoms with van der Waals surface area (Å²) < 4.78 is 0. The molecule has 8 nitrogen and oxygen atoms in total. The molecule has 0 fully saturated rings. The van der Waals surface area contributed by atoms with E-state index in [1.807, 2.05) is 31.2 Å². The van der Waals surface area contributed by atoms with Gasteiger partial charge in [0.25, 0.3) is 5.69 Å². The van der Waals surface area contributed by atoms with Crippen molar-refractivity contribution in [3.8, 4) is 0 Å². The molecular weight excluding hydrogens is 358 g/mol. The summed E-state index contributed by atoms with van der Waals surface area (Å²) >= 11 is 0. The topological polar surface area (TPSA) is 104 Å². The zero-order chi connectivity index (χ0) is 20.1. The molecule has 1 aromatic heterocycles. The van der Waals surface area contributed by atoms with Gasteiger partial charge in [0.2, 0.25) is 0 Å². The Morgan fingerprint density at radius 3 is 2.82 bits per heavy atom. The average molecular weight is 381 g/mol. The molecular formula is C20H23N5O3. The SMILES string of the molecule is C[C@H](c1cccc([N+](=O)[O-])c1)N(C)C(=O)NCCCc1nc2ccccc2[nH]1. The van der Waals surface area contributed by atoms with Crippen molar-refractivity contribution in [2.45, 2.75) is 25.8 Å². The number of rotatable bonds is 7. The number of aromatic nitrogens is 2. The van der Waals surface area contributed by atoms with Gasteiger partial charge in [0, 0.05) is 32.1 Å². The van der Waals surface area contributed by atoms with Crippen molar-refractivity contribution in [2.75, 3.05) is 13.6 Å². The third kappa shape index (κ3) is 4.46. The molecule has 146 valence electrons. The minimum Gasteiger partial charge on any atom is -0.342 e. The van der Waals surface area contributed by atoms with Crippen LogP contribution >= 0.6 is 0 Å². The highest BCUT2D eigenvalue weighted by Crippen LogP contribution is 2.23. The molecule has 0 spiro atoms. The van der Waals surface area contributed by atoms with Crippen LogP contribution in [-0.4, -0.2) is 39.4 Å². The van der Waals surface area contributed by atoms with Crippen molar-refractivity contribution < 1.29 is 9.72 Å². The number of aromatic amines is 1. The first-order valence-electron chi connectivity index (χ1n) is 9.14. The summed E-state index contributed by atoms with van der Waals surface area (Å²) in [5.41, 5.74) is 2.68. The van der Waals surface area contributed by atoms with E-state index in [2.05, 4.69) is 15.3 Å². The minimum absolute atomic E-state index is 0.0176. The van der Waals surface area contributed by atoms with Gasteiger partial charge in [0.05, 0.1) is 22.0 Å². The number of aryl methyl sites for hydroxylation is 1. The molecule has 0 unspecified atom stereocenters. The zero-order valence-electron chi connectivity index (χ0n) is 15.9. The Morgan fingerprint density at radius 1 is 1.29 bits per heavy atom. The Balaban J connectivity index is 1.49. The number of benzene rings is 2. The maximum absolute atomic E-state index is 12.4. The van der Waals surface area contributed by atoms with Gasteiger partial charge in [0.1, 0.15) is 5.82 Å². The quantitative estimate of drug-likeness (QED) is 0.369. The first-order chi connectivity index (χ1) is 13.5. The minimum atomic E-state index is -0.436. The fourth-order valence-corrected chi connectivity index (χ4v) is 3.00. The van der Waals surface area contributed by atoms with Gasteiger partial charge in [-0.15, -0.1) is 0 Å². The molecule has 0 bridgehead atoms. The van der Waals surface area contributed by atoms with E-state index in [1.54, 1.807) is 24.1 Å². The number of nitro benzene ring substituents is 1. The number of amides is 2. The normalized spacial score (nSPS) is 11.9. The van der Waals surface area contributed by atoms with E-state index < -0.39 is 4.92 Å². The number of fused-ring (bicyclic) bond motifs is 1. The molecule has 2 N–H and O–H groups in total. The van der Waals surface area contributed by atoms with Crippen molar-refractivity contribution in [3.63, 3.8) is 0 Å². The van der Waals surface area contributed by atoms with Crippen molar-refractivity contribution >= 4 is 22.8 Å². The number of imidazole rings is 1. The Bertz CT molecular complexity index is 952. The number of hydrogen-bond acceptors (Lipinski definition) is 4. The molecule has 3 rings (SSSR count). The van der Waals surface area contributed by atoms with E-state index in [0.717, 1.165) is 29.7 Å². The number of hydrogen-bond donors (Lipinski definition) is 2. The van der Waals surface area contributed by atoms with Crippen LogP contribution in [0.1, 0.15) is 30.8 Å². The fourth-order valence-electron chi connectivity index (χ4n) is 3.00. The molecule has 0 aliphatic rings. The van der Waals surface area contributed by atoms with E-state index in [-0.39, 0.29) is 17.8 Å². The highest BCUT2D eigenvalue weighted by Gasteiger charge is 2.19. The molecule has 28 heavy (non-hydrogen) atoms. The van der Waals surface area contributed by atoms with Crippen LogP contribution in [0.4, 0.5) is 10.5 Å². The third-order valence-electron chi connectivity index (χ3n) is 4.77. The third-order valence-corrected chi connectivity index (χ3v) is 4.77. The lowest BCUT2D eigenvalue weighted by Crippen LogP contribution is -2.39. The molecule has 1 atom stereocenters. The predicted octanol–water partition coefficient (Wildman–Crippen LogP) is 3.81. The molecule has 0 aliphatic heterocycles. The Morgan fingerprint density at radius 2 is 2.07 bits per heavy atom. The summed E-state index contributed by atoms with van der Waals surface area (Å²) in [6.07, 6.45) is 1.49. The zero-order valence-corrected chi connectivity index (χ0v) is 15.9. The number of non-ortho nitro benzene ring substituents is 1. The van der Waals surface area contributed by atoms with Crippen LogP contribution in [0.25, 0.3) is 11.0 Å². The van der Waals surface area contributed by atoms with Crippen LogP contribution in [0.5, 0.6) is 0 Å². The van der Waals surface area contributed by atoms with E-state index in [0.29, 0.717) is 12.1 Å². The highest BCUT2D eigenvalue weighted by atomic mass is 16.6. The van der Waals surface area contributed by atoms with Crippen LogP contribution < -0.4 is 5.32 Å². The van der Waals surface area contributed by atoms with Crippen LogP contribution in [0.15, 0.2) is 48.5 Å². The second kappa shape index (κ2) is 8.51. The van der Waals surface area contributed by atoms with Gasteiger partial charge in [-0.1, -0.05) is 24.3 Å². The molecule has 1 heterocycles. The van der Waals surface area contributed by atoms with Gasteiger partial charge in [-0.2, -0.15) is 0 Å². The van der Waals surface area contributed by atoms with Crippen LogP contribution in [0.2, 0.25) is 0 Å². The Hall–Kier alpha value is -3.42. The van der Waals surface area contributed by atoms with Crippen LogP contribution in [-0.2, 0) is 6.42 Å². The number of para-hydroxylation sites is 2. The summed E-state index contributed by atoms with van der Waals surface area (Å²) in [7, 11) is 1.68. The summed E-state index contributed by atoms with van der Waals surface area (Å²) in [6.45, 7) is 2.36. The highest BCUT2D eigenvalue weighted by molar-refractivity contribution is 5.75. The van der Waals surface area contributed by atoms with Gasteiger partial charge < -0.3 is 15.2 Å². The standard InChI is InChI=1S/C20H23N5O3/c1-14(15-7-5-8-16(13-15)25(27)28)24(2)20(26)21-12-6-11-19-22-17-9-3-4-10-18(17)23-19/h3-5,7-10,13-14H,6,11-12H2,1-2H3,(H,21,26)(H,22,23)/t14-/m1/s1. The monoisotopic (exact) mass is 381 g/mol. The smallest absolute Gasteiger partial charge is 0.317 e. The molecule has 2 amide bonds. The number of nitrogens with one attached hydrogen (secondary N) is 2. The average Bonchev–Trinajstić information content (AvgIpc) is 3.12. The van der Waals surface area contributed by atoms with Gasteiger partial charge in [-0.3, -0.25) is 10.1 Å². The van der Waals surface area contributed by atoms with E-state index in [1.165, 1.54) is 12.1 Å². The Kier molecular flexibility index (Phi) is 5.88. The molecule has 3 aromatic rings. The van der Waals surface area contributed by atoms with Crippen molar-refractivity contribution in [3.05, 3.63) is 70.0 Å². The number of nitro groups is 1. The van der Waals surface area contributed by atoms with Crippen molar-refractivity contribution in [2.24, 2.45) is 0 Å². The first kappa shape index (κ1) is 19.3. The lowest BCUT2D eigenvalue weighted by atomic mass is 10.1. The predicted molar refractivity (Wildman–Crippen MR) is 107 cm³/mol. The largest absolute Gasteiger partial charge is 0.342 e. The van der Waals surface area contributed by atoms with Crippen LogP contribution in [0.3, 0.4) is 0 Å². The van der Waals surface area contributed by atoms with E-state index in [9.17, 15) is 14.9 Å². The lowest BCUT2D eigenvalue weighted by Gasteiger charge is -2.25. The summed E-state index contributed by atoms with van der Waals surface area (Å²) in [6, 6.07) is 13.7. The molecule has 0 radical (unpaired) electrons. The number of carbonyl (C=O) groups excluding carboxylic acids is 1. The van der Waals surface area contributed by atoms with Crippen molar-refractivity contribution in [1.29, 1.82) is 0 Å². The molecule has 8 heteroatoms. The lowest BCUT2D eigenvalue weighted by molar-refractivity contribution is -0.384. The van der Waals surface area contributed by atoms with Gasteiger partial charge >= 0.3 is 6.03 Å². The number of nitrogens with zero attached hydrogens (tertiary/aromatic N) is 3. The maximum atomic E-state index is 12.4. The van der Waals surface area contributed by atoms with Gasteiger partial charge in [-0.05, 0) is 31.0 Å². The van der Waals surface area contributed by atoms with Crippen LogP contribution in [0, 0.1) is 10.1 Å². The summed E-state index contributed by atoms with van der Waals surface area (Å²) in [5.74, 6) is 0.897. The Labute approximate surface area is 162 Å².